The number of aryl methyl sites for hydroxylation is 2. The van der Waals surface area contributed by atoms with Crippen molar-refractivity contribution in [2.75, 3.05) is 5.32 Å². The molecule has 0 atom stereocenters. The lowest BCUT2D eigenvalue weighted by atomic mass is 9.96. The van der Waals surface area contributed by atoms with Gasteiger partial charge in [0.05, 0.1) is 5.39 Å². The van der Waals surface area contributed by atoms with E-state index in [0.717, 1.165) is 31.2 Å². The first-order valence-electron chi connectivity index (χ1n) is 10.1. The van der Waals surface area contributed by atoms with Crippen LogP contribution < -0.4 is 15.6 Å². The molecule has 0 fully saturated rings. The molecule has 5 rings (SSSR count). The Labute approximate surface area is 182 Å². The van der Waals surface area contributed by atoms with Crippen LogP contribution >= 0.6 is 11.3 Å². The summed E-state index contributed by atoms with van der Waals surface area (Å²) in [6.45, 7) is 0. The Hall–Kier alpha value is -3.58. The first-order valence-corrected chi connectivity index (χ1v) is 11.0. The number of benzene rings is 2. The van der Waals surface area contributed by atoms with Gasteiger partial charge in [-0.1, -0.05) is 18.2 Å². The number of carbonyl (C=O) groups excluding carboxylic acids is 1. The van der Waals surface area contributed by atoms with Crippen LogP contribution in [0.3, 0.4) is 0 Å². The van der Waals surface area contributed by atoms with Gasteiger partial charge in [-0.25, -0.2) is 0 Å². The predicted molar refractivity (Wildman–Crippen MR) is 122 cm³/mol. The molecule has 0 saturated heterocycles. The maximum absolute atomic E-state index is 12.8. The lowest BCUT2D eigenvalue weighted by molar-refractivity contribution is 0.102. The number of hydrogen-bond donors (Lipinski definition) is 3. The zero-order chi connectivity index (χ0) is 21.4. The number of nitrogens with one attached hydrogen (secondary N) is 2. The van der Waals surface area contributed by atoms with Crippen molar-refractivity contribution in [2.45, 2.75) is 25.7 Å². The summed E-state index contributed by atoms with van der Waals surface area (Å²) in [7, 11) is 0. The van der Waals surface area contributed by atoms with Gasteiger partial charge in [-0.15, -0.1) is 11.3 Å². The van der Waals surface area contributed by atoms with Crippen LogP contribution in [0.1, 0.15) is 33.6 Å². The van der Waals surface area contributed by atoms with Crippen LogP contribution in [0.2, 0.25) is 0 Å². The number of pyridine rings is 1. The second-order valence-electron chi connectivity index (χ2n) is 7.49. The van der Waals surface area contributed by atoms with Crippen LogP contribution in [-0.4, -0.2) is 16.0 Å². The SMILES string of the molecule is O=C(Nc1ccc(Oc2ccccc2)cc1)c1c(O)c2c3c(sc2[nH]c1=O)CCCC3. The van der Waals surface area contributed by atoms with E-state index in [0.29, 0.717) is 27.4 Å². The fourth-order valence-electron chi connectivity index (χ4n) is 3.94. The Balaban J connectivity index is 1.41. The van der Waals surface area contributed by atoms with E-state index in [1.807, 2.05) is 30.3 Å². The minimum absolute atomic E-state index is 0.236. The maximum atomic E-state index is 12.8. The van der Waals surface area contributed by atoms with E-state index in [2.05, 4.69) is 10.3 Å². The Bertz CT molecular complexity index is 1320. The molecule has 0 saturated carbocycles. The zero-order valence-electron chi connectivity index (χ0n) is 16.6. The number of hydrogen-bond acceptors (Lipinski definition) is 5. The van der Waals surface area contributed by atoms with Gasteiger partial charge in [0.1, 0.15) is 27.6 Å². The Morgan fingerprint density at radius 3 is 2.48 bits per heavy atom. The molecule has 0 radical (unpaired) electrons. The summed E-state index contributed by atoms with van der Waals surface area (Å²) in [5.74, 6) is 0.451. The van der Waals surface area contributed by atoms with E-state index >= 15 is 0 Å². The molecular formula is C24H20N2O4S. The van der Waals surface area contributed by atoms with Crippen molar-refractivity contribution in [3.05, 3.63) is 81.0 Å². The molecule has 2 heterocycles. The summed E-state index contributed by atoms with van der Waals surface area (Å²) in [4.78, 5) is 30.0. The summed E-state index contributed by atoms with van der Waals surface area (Å²) in [6, 6.07) is 16.2. The predicted octanol–water partition coefficient (Wildman–Crippen LogP) is 5.22. The average Bonchev–Trinajstić information content (AvgIpc) is 3.14. The van der Waals surface area contributed by atoms with E-state index in [4.69, 9.17) is 4.74 Å². The van der Waals surface area contributed by atoms with Gasteiger partial charge in [-0.05, 0) is 67.6 Å². The number of aromatic amines is 1. The van der Waals surface area contributed by atoms with Crippen LogP contribution in [0.15, 0.2) is 59.4 Å². The van der Waals surface area contributed by atoms with Crippen LogP contribution in [-0.2, 0) is 12.8 Å². The monoisotopic (exact) mass is 432 g/mol. The third kappa shape index (κ3) is 3.68. The molecule has 0 aliphatic heterocycles. The van der Waals surface area contributed by atoms with Gasteiger partial charge in [0, 0.05) is 10.6 Å². The van der Waals surface area contributed by atoms with Crippen molar-refractivity contribution in [3.63, 3.8) is 0 Å². The largest absolute Gasteiger partial charge is 0.506 e. The number of para-hydroxylation sites is 1. The number of aromatic hydroxyl groups is 1. The molecule has 4 aromatic rings. The quantitative estimate of drug-likeness (QED) is 0.412. The first kappa shape index (κ1) is 19.4. The second-order valence-corrected chi connectivity index (χ2v) is 8.59. The van der Waals surface area contributed by atoms with Gasteiger partial charge in [-0.3, -0.25) is 9.59 Å². The maximum Gasteiger partial charge on any atom is 0.265 e. The number of amides is 1. The van der Waals surface area contributed by atoms with Gasteiger partial charge in [0.25, 0.3) is 11.5 Å². The van der Waals surface area contributed by atoms with E-state index < -0.39 is 11.5 Å². The molecule has 0 spiro atoms. The number of anilines is 1. The highest BCUT2D eigenvalue weighted by molar-refractivity contribution is 7.18. The van der Waals surface area contributed by atoms with Crippen LogP contribution in [0.4, 0.5) is 5.69 Å². The van der Waals surface area contributed by atoms with Crippen molar-refractivity contribution in [1.29, 1.82) is 0 Å². The van der Waals surface area contributed by atoms with Gasteiger partial charge >= 0.3 is 0 Å². The number of fused-ring (bicyclic) bond motifs is 3. The molecule has 2 aromatic heterocycles. The highest BCUT2D eigenvalue weighted by atomic mass is 32.1. The molecule has 6 nitrogen and oxygen atoms in total. The number of H-pyrrole nitrogens is 1. The number of carbonyl (C=O) groups is 1. The Morgan fingerprint density at radius 2 is 1.71 bits per heavy atom. The summed E-state index contributed by atoms with van der Waals surface area (Å²) in [6.07, 6.45) is 3.92. The van der Waals surface area contributed by atoms with E-state index in [-0.39, 0.29) is 11.3 Å². The Morgan fingerprint density at radius 1 is 1.00 bits per heavy atom. The first-order chi connectivity index (χ1) is 15.1. The fourth-order valence-corrected chi connectivity index (χ4v) is 5.22. The minimum Gasteiger partial charge on any atom is -0.506 e. The van der Waals surface area contributed by atoms with E-state index in [1.54, 1.807) is 24.3 Å². The molecule has 0 bridgehead atoms. The average molecular weight is 433 g/mol. The molecule has 1 aliphatic rings. The molecule has 1 amide bonds. The Kier molecular flexibility index (Phi) is 4.95. The standard InChI is InChI=1S/C24H20N2O4S/c27-21-19-17-8-4-5-9-18(17)31-24(19)26-23(29)20(21)22(28)25-14-10-12-16(13-11-14)30-15-6-2-1-3-7-15/h1-3,6-7,10-13H,4-5,8-9H2,(H,25,28)(H2,26,27,29). The molecule has 3 N–H and O–H groups in total. The minimum atomic E-state index is -0.645. The molecule has 2 aromatic carbocycles. The van der Waals surface area contributed by atoms with Gasteiger partial charge in [-0.2, -0.15) is 0 Å². The third-order valence-electron chi connectivity index (χ3n) is 5.42. The van der Waals surface area contributed by atoms with Crippen molar-refractivity contribution in [3.8, 4) is 17.2 Å². The molecule has 0 unspecified atom stereocenters. The van der Waals surface area contributed by atoms with E-state index in [1.165, 1.54) is 16.2 Å². The lowest BCUT2D eigenvalue weighted by Crippen LogP contribution is -2.23. The number of aromatic nitrogens is 1. The van der Waals surface area contributed by atoms with Crippen molar-refractivity contribution in [2.24, 2.45) is 0 Å². The normalized spacial score (nSPS) is 13.0. The van der Waals surface area contributed by atoms with Crippen LogP contribution in [0, 0.1) is 0 Å². The number of thiophene rings is 1. The summed E-state index contributed by atoms with van der Waals surface area (Å²) in [5.41, 5.74) is 0.696. The van der Waals surface area contributed by atoms with Gasteiger partial charge in [0.2, 0.25) is 0 Å². The summed E-state index contributed by atoms with van der Waals surface area (Å²) >= 11 is 1.49. The zero-order valence-corrected chi connectivity index (χ0v) is 17.4. The second kappa shape index (κ2) is 7.92. The molecule has 7 heteroatoms. The van der Waals surface area contributed by atoms with Gasteiger partial charge in [0.15, 0.2) is 0 Å². The molecule has 1 aliphatic carbocycles. The number of rotatable bonds is 4. The van der Waals surface area contributed by atoms with E-state index in [9.17, 15) is 14.7 Å². The summed E-state index contributed by atoms with van der Waals surface area (Å²) in [5, 5.41) is 14.1. The fraction of sp³-hybridized carbons (Fsp3) is 0.167. The molecule has 156 valence electrons. The smallest absolute Gasteiger partial charge is 0.265 e. The molecular weight excluding hydrogens is 412 g/mol. The van der Waals surface area contributed by atoms with Crippen LogP contribution in [0.25, 0.3) is 10.2 Å². The van der Waals surface area contributed by atoms with Crippen molar-refractivity contribution in [1.82, 2.24) is 4.98 Å². The van der Waals surface area contributed by atoms with Crippen molar-refractivity contribution >= 4 is 33.1 Å². The highest BCUT2D eigenvalue weighted by Gasteiger charge is 2.25. The highest BCUT2D eigenvalue weighted by Crippen LogP contribution is 2.40. The summed E-state index contributed by atoms with van der Waals surface area (Å²) < 4.78 is 5.75. The molecule has 31 heavy (non-hydrogen) atoms. The number of ether oxygens (including phenoxy) is 1. The lowest BCUT2D eigenvalue weighted by Gasteiger charge is -2.12. The van der Waals surface area contributed by atoms with Gasteiger partial charge < -0.3 is 20.1 Å². The topological polar surface area (TPSA) is 91.4 Å². The van der Waals surface area contributed by atoms with Crippen molar-refractivity contribution < 1.29 is 14.6 Å². The van der Waals surface area contributed by atoms with Crippen LogP contribution in [0.5, 0.6) is 17.2 Å². The third-order valence-corrected chi connectivity index (χ3v) is 6.62.